The number of rotatable bonds is 2. The largest absolute Gasteiger partial charge is 0.339 e. The normalized spacial score (nSPS) is 17.6. The number of aryl methyl sites for hydroxylation is 1. The van der Waals surface area contributed by atoms with E-state index >= 15 is 0 Å². The van der Waals surface area contributed by atoms with Gasteiger partial charge < -0.3 is 9.47 Å². The molecule has 2 aliphatic heterocycles. The Morgan fingerprint density at radius 1 is 1.04 bits per heavy atom. The highest BCUT2D eigenvalue weighted by molar-refractivity contribution is 6.05. The van der Waals surface area contributed by atoms with Crippen LogP contribution in [0.2, 0.25) is 0 Å². The average molecular weight is 347 g/mol. The number of pyridine rings is 1. The Hall–Kier alpha value is -2.76. The maximum Gasteiger partial charge on any atom is 0.256 e. The van der Waals surface area contributed by atoms with Crippen molar-refractivity contribution in [2.24, 2.45) is 0 Å². The van der Waals surface area contributed by atoms with Crippen LogP contribution >= 0.6 is 0 Å². The van der Waals surface area contributed by atoms with Crippen molar-refractivity contribution in [2.45, 2.75) is 38.1 Å². The van der Waals surface area contributed by atoms with Gasteiger partial charge in [0.05, 0.1) is 11.1 Å². The molecule has 0 spiro atoms. The van der Waals surface area contributed by atoms with Crippen LogP contribution in [-0.4, -0.2) is 43.6 Å². The monoisotopic (exact) mass is 347 g/mol. The summed E-state index contributed by atoms with van der Waals surface area (Å²) >= 11 is 0. The molecule has 0 saturated carbocycles. The molecule has 0 aliphatic carbocycles. The number of fused-ring (bicyclic) bond motifs is 2. The lowest BCUT2D eigenvalue weighted by atomic mass is 9.95. The van der Waals surface area contributed by atoms with Crippen molar-refractivity contribution in [1.82, 2.24) is 24.6 Å². The van der Waals surface area contributed by atoms with Gasteiger partial charge in [-0.05, 0) is 31.4 Å². The molecule has 6 heteroatoms. The smallest absolute Gasteiger partial charge is 0.256 e. The third kappa shape index (κ3) is 2.48. The molecule has 132 valence electrons. The summed E-state index contributed by atoms with van der Waals surface area (Å²) in [5.74, 6) is 2.74. The van der Waals surface area contributed by atoms with E-state index in [9.17, 15) is 4.79 Å². The molecule has 1 fully saturated rings. The molecule has 0 radical (unpaired) electrons. The molecule has 0 N–H and O–H groups in total. The predicted molar refractivity (Wildman–Crippen MR) is 98.0 cm³/mol. The average Bonchev–Trinajstić information content (AvgIpc) is 3.31. The fourth-order valence-electron chi connectivity index (χ4n) is 4.26. The van der Waals surface area contributed by atoms with E-state index in [0.29, 0.717) is 11.5 Å². The Balaban J connectivity index is 1.34. The van der Waals surface area contributed by atoms with Crippen molar-refractivity contribution in [3.63, 3.8) is 0 Å². The van der Waals surface area contributed by atoms with Crippen LogP contribution in [0.3, 0.4) is 0 Å². The van der Waals surface area contributed by atoms with Crippen LogP contribution in [-0.2, 0) is 13.0 Å². The van der Waals surface area contributed by atoms with E-state index in [4.69, 9.17) is 0 Å². The lowest BCUT2D eigenvalue weighted by molar-refractivity contribution is 0.0712. The number of amides is 1. The molecule has 4 heterocycles. The number of carbonyl (C=O) groups excluding carboxylic acids is 1. The fourth-order valence-corrected chi connectivity index (χ4v) is 4.26. The Morgan fingerprint density at radius 3 is 2.77 bits per heavy atom. The van der Waals surface area contributed by atoms with Gasteiger partial charge in [-0.1, -0.05) is 18.2 Å². The van der Waals surface area contributed by atoms with Crippen LogP contribution in [0.15, 0.2) is 36.5 Å². The van der Waals surface area contributed by atoms with Crippen molar-refractivity contribution in [3.05, 3.63) is 53.7 Å². The molecule has 3 aromatic rings. The van der Waals surface area contributed by atoms with Gasteiger partial charge in [-0.3, -0.25) is 9.78 Å². The second kappa shape index (κ2) is 6.20. The van der Waals surface area contributed by atoms with E-state index in [-0.39, 0.29) is 5.91 Å². The number of likely N-dealkylation sites (tertiary alicyclic amines) is 1. The van der Waals surface area contributed by atoms with Crippen LogP contribution in [0.5, 0.6) is 0 Å². The lowest BCUT2D eigenvalue weighted by Gasteiger charge is -2.31. The first kappa shape index (κ1) is 15.5. The van der Waals surface area contributed by atoms with E-state index in [0.717, 1.165) is 61.4 Å². The maximum absolute atomic E-state index is 13.0. The van der Waals surface area contributed by atoms with Crippen LogP contribution in [0.1, 0.15) is 47.2 Å². The van der Waals surface area contributed by atoms with Crippen molar-refractivity contribution in [2.75, 3.05) is 13.1 Å². The zero-order valence-corrected chi connectivity index (χ0v) is 14.6. The first-order valence-electron chi connectivity index (χ1n) is 9.36. The van der Waals surface area contributed by atoms with E-state index in [1.165, 1.54) is 6.42 Å². The SMILES string of the molecule is O=C(c1cccc2cccnc12)N1CCC(c2nnc3n2CCC3)CC1. The molecule has 26 heavy (non-hydrogen) atoms. The molecular formula is C20H21N5O. The number of carbonyl (C=O) groups is 1. The summed E-state index contributed by atoms with van der Waals surface area (Å²) in [6.45, 7) is 2.56. The van der Waals surface area contributed by atoms with Gasteiger partial charge in [0, 0.05) is 43.6 Å². The number of nitrogens with zero attached hydrogens (tertiary/aromatic N) is 5. The standard InChI is InChI=1S/C20H21N5O/c26-20(16-6-1-4-14-5-2-10-21-18(14)16)24-12-8-15(9-13-24)19-23-22-17-7-3-11-25(17)19/h1-2,4-6,10,15H,3,7-9,11-13H2. The third-order valence-corrected chi connectivity index (χ3v) is 5.65. The maximum atomic E-state index is 13.0. The van der Waals surface area contributed by atoms with Crippen LogP contribution in [0.4, 0.5) is 0 Å². The topological polar surface area (TPSA) is 63.9 Å². The minimum absolute atomic E-state index is 0.0826. The van der Waals surface area contributed by atoms with Gasteiger partial charge in [0.15, 0.2) is 0 Å². The minimum atomic E-state index is 0.0826. The van der Waals surface area contributed by atoms with Crippen molar-refractivity contribution in [3.8, 4) is 0 Å². The van der Waals surface area contributed by atoms with E-state index in [1.54, 1.807) is 6.20 Å². The summed E-state index contributed by atoms with van der Waals surface area (Å²) in [6, 6.07) is 9.71. The molecule has 1 aromatic carbocycles. The molecule has 2 aromatic heterocycles. The molecule has 5 rings (SSSR count). The molecule has 2 aliphatic rings. The van der Waals surface area contributed by atoms with Crippen molar-refractivity contribution < 1.29 is 4.79 Å². The number of para-hydroxylation sites is 1. The fraction of sp³-hybridized carbons (Fsp3) is 0.400. The van der Waals surface area contributed by atoms with E-state index < -0.39 is 0 Å². The minimum Gasteiger partial charge on any atom is -0.339 e. The number of benzene rings is 1. The van der Waals surface area contributed by atoms with E-state index in [1.807, 2.05) is 35.2 Å². The summed E-state index contributed by atoms with van der Waals surface area (Å²) in [4.78, 5) is 19.4. The summed E-state index contributed by atoms with van der Waals surface area (Å²) in [6.07, 6.45) is 5.85. The van der Waals surface area contributed by atoms with Gasteiger partial charge in [0.25, 0.3) is 5.91 Å². The molecule has 6 nitrogen and oxygen atoms in total. The van der Waals surface area contributed by atoms with Gasteiger partial charge in [0.2, 0.25) is 0 Å². The van der Waals surface area contributed by atoms with Crippen molar-refractivity contribution >= 4 is 16.8 Å². The Labute approximate surface area is 151 Å². The first-order chi connectivity index (χ1) is 12.8. The van der Waals surface area contributed by atoms with Crippen molar-refractivity contribution in [1.29, 1.82) is 0 Å². The number of piperidine rings is 1. The quantitative estimate of drug-likeness (QED) is 0.715. The first-order valence-corrected chi connectivity index (χ1v) is 9.36. The Kier molecular flexibility index (Phi) is 3.69. The zero-order chi connectivity index (χ0) is 17.5. The highest BCUT2D eigenvalue weighted by atomic mass is 16.2. The zero-order valence-electron chi connectivity index (χ0n) is 14.6. The third-order valence-electron chi connectivity index (χ3n) is 5.65. The predicted octanol–water partition coefficient (Wildman–Crippen LogP) is 2.79. The molecule has 0 unspecified atom stereocenters. The summed E-state index contributed by atoms with van der Waals surface area (Å²) in [7, 11) is 0. The number of aromatic nitrogens is 4. The van der Waals surface area contributed by atoms with Crippen LogP contribution < -0.4 is 0 Å². The van der Waals surface area contributed by atoms with Gasteiger partial charge in [-0.15, -0.1) is 10.2 Å². The number of hydrogen-bond donors (Lipinski definition) is 0. The van der Waals surface area contributed by atoms with Gasteiger partial charge in [-0.25, -0.2) is 0 Å². The van der Waals surface area contributed by atoms with E-state index in [2.05, 4.69) is 19.7 Å². The Morgan fingerprint density at radius 2 is 1.88 bits per heavy atom. The second-order valence-corrected chi connectivity index (χ2v) is 7.18. The molecule has 1 amide bonds. The second-order valence-electron chi connectivity index (χ2n) is 7.18. The Bertz CT molecular complexity index is 966. The highest BCUT2D eigenvalue weighted by Gasteiger charge is 2.30. The summed E-state index contributed by atoms with van der Waals surface area (Å²) in [5, 5.41) is 9.77. The van der Waals surface area contributed by atoms with Crippen LogP contribution in [0, 0.1) is 0 Å². The summed E-state index contributed by atoms with van der Waals surface area (Å²) in [5.41, 5.74) is 1.49. The van der Waals surface area contributed by atoms with Gasteiger partial charge in [-0.2, -0.15) is 0 Å². The van der Waals surface area contributed by atoms with Crippen LogP contribution in [0.25, 0.3) is 10.9 Å². The molecule has 0 bridgehead atoms. The van der Waals surface area contributed by atoms with Gasteiger partial charge in [0.1, 0.15) is 11.6 Å². The number of hydrogen-bond acceptors (Lipinski definition) is 4. The molecular weight excluding hydrogens is 326 g/mol. The highest BCUT2D eigenvalue weighted by Crippen LogP contribution is 2.30. The van der Waals surface area contributed by atoms with Gasteiger partial charge >= 0.3 is 0 Å². The lowest BCUT2D eigenvalue weighted by Crippen LogP contribution is -2.38. The molecule has 0 atom stereocenters. The summed E-state index contributed by atoms with van der Waals surface area (Å²) < 4.78 is 2.29. The molecule has 1 saturated heterocycles.